The van der Waals surface area contributed by atoms with Gasteiger partial charge >= 0.3 is 0 Å². The van der Waals surface area contributed by atoms with Crippen LogP contribution in [0.3, 0.4) is 0 Å². The van der Waals surface area contributed by atoms with Gasteiger partial charge in [-0.3, -0.25) is 19.2 Å². The Balaban J connectivity index is 1.34. The van der Waals surface area contributed by atoms with Gasteiger partial charge < -0.3 is 4.74 Å². The third-order valence-electron chi connectivity index (χ3n) is 7.93. The molecule has 4 aromatic rings. The summed E-state index contributed by atoms with van der Waals surface area (Å²) in [7, 11) is 0. The van der Waals surface area contributed by atoms with Crippen molar-refractivity contribution in [2.75, 3.05) is 26.3 Å². The number of nitriles is 1. The Bertz CT molecular complexity index is 1490. The first kappa shape index (κ1) is 22.8. The number of hydrogen-bond donors (Lipinski definition) is 0. The highest BCUT2D eigenvalue weighted by atomic mass is 16.5. The zero-order valence-corrected chi connectivity index (χ0v) is 20.3. The van der Waals surface area contributed by atoms with Crippen LogP contribution in [0.4, 0.5) is 0 Å². The van der Waals surface area contributed by atoms with Crippen molar-refractivity contribution in [3.63, 3.8) is 0 Å². The molecular formula is C29H29N5O2. The van der Waals surface area contributed by atoms with Crippen molar-refractivity contribution in [2.45, 2.75) is 43.7 Å². The molecule has 0 amide bonds. The van der Waals surface area contributed by atoms with Gasteiger partial charge in [-0.1, -0.05) is 30.3 Å². The van der Waals surface area contributed by atoms with Gasteiger partial charge in [-0.05, 0) is 54.8 Å². The van der Waals surface area contributed by atoms with Gasteiger partial charge in [-0.15, -0.1) is 0 Å². The lowest BCUT2D eigenvalue weighted by molar-refractivity contribution is 0.0685. The first-order valence-electron chi connectivity index (χ1n) is 12.7. The quantitative estimate of drug-likeness (QED) is 0.405. The number of hydrogen-bond acceptors (Lipinski definition) is 6. The van der Waals surface area contributed by atoms with Crippen LogP contribution in [-0.2, 0) is 16.7 Å². The predicted octanol–water partition coefficient (Wildman–Crippen LogP) is 4.35. The van der Waals surface area contributed by atoms with Crippen molar-refractivity contribution in [3.8, 4) is 6.07 Å². The van der Waals surface area contributed by atoms with Gasteiger partial charge in [0.15, 0.2) is 0 Å². The minimum Gasteiger partial charge on any atom is -0.381 e. The summed E-state index contributed by atoms with van der Waals surface area (Å²) in [6.07, 6.45) is 6.63. The van der Waals surface area contributed by atoms with E-state index in [4.69, 9.17) is 9.72 Å². The second-order valence-electron chi connectivity index (χ2n) is 9.96. The smallest absolute Gasteiger partial charge is 0.261 e. The lowest BCUT2D eigenvalue weighted by Crippen LogP contribution is -2.42. The zero-order valence-electron chi connectivity index (χ0n) is 20.3. The van der Waals surface area contributed by atoms with Crippen molar-refractivity contribution in [3.05, 3.63) is 82.7 Å². The first-order valence-corrected chi connectivity index (χ1v) is 12.7. The molecule has 7 nitrogen and oxygen atoms in total. The fourth-order valence-electron chi connectivity index (χ4n) is 5.81. The number of likely N-dealkylation sites (tertiary alicyclic amines) is 1. The van der Waals surface area contributed by atoms with Crippen LogP contribution in [-0.4, -0.2) is 45.7 Å². The highest BCUT2D eigenvalue weighted by Gasteiger charge is 2.37. The number of nitrogens with zero attached hydrogens (tertiary/aromatic N) is 5. The molecule has 0 radical (unpaired) electrons. The van der Waals surface area contributed by atoms with E-state index in [0.29, 0.717) is 18.6 Å². The molecule has 36 heavy (non-hydrogen) atoms. The SMILES string of the molecule is N#CC1(c2ccccn2)CCN(Cc2cc3c(=O)n(C4CCOCC4)cnc3c3ccccc23)CC1. The lowest BCUT2D eigenvalue weighted by atomic mass is 9.76. The van der Waals surface area contributed by atoms with Gasteiger partial charge in [0.2, 0.25) is 0 Å². The van der Waals surface area contributed by atoms with Crippen LogP contribution in [0.2, 0.25) is 0 Å². The van der Waals surface area contributed by atoms with Gasteiger partial charge in [0, 0.05) is 50.5 Å². The van der Waals surface area contributed by atoms with Crippen molar-refractivity contribution in [2.24, 2.45) is 0 Å². The molecule has 0 bridgehead atoms. The molecule has 2 saturated heterocycles. The average molecular weight is 480 g/mol. The highest BCUT2D eigenvalue weighted by Crippen LogP contribution is 2.35. The first-order chi connectivity index (χ1) is 17.7. The monoisotopic (exact) mass is 479 g/mol. The minimum absolute atomic E-state index is 0.0243. The van der Waals surface area contributed by atoms with Crippen LogP contribution in [0.1, 0.15) is 43.0 Å². The van der Waals surface area contributed by atoms with Crippen LogP contribution in [0.5, 0.6) is 0 Å². The molecule has 4 heterocycles. The van der Waals surface area contributed by atoms with Crippen molar-refractivity contribution in [1.29, 1.82) is 5.26 Å². The topological polar surface area (TPSA) is 84.0 Å². The lowest BCUT2D eigenvalue weighted by Gasteiger charge is -2.37. The molecule has 2 aromatic heterocycles. The summed E-state index contributed by atoms with van der Waals surface area (Å²) in [6, 6.07) is 18.8. The molecule has 2 fully saturated rings. The average Bonchev–Trinajstić information content (AvgIpc) is 2.95. The highest BCUT2D eigenvalue weighted by molar-refractivity contribution is 6.06. The number of aromatic nitrogens is 3. The van der Waals surface area contributed by atoms with E-state index in [1.54, 1.807) is 17.1 Å². The number of pyridine rings is 1. The Kier molecular flexibility index (Phi) is 6.00. The molecule has 0 saturated carbocycles. The van der Waals surface area contributed by atoms with Gasteiger partial charge in [-0.25, -0.2) is 4.98 Å². The third kappa shape index (κ3) is 3.97. The van der Waals surface area contributed by atoms with E-state index in [1.165, 1.54) is 0 Å². The van der Waals surface area contributed by atoms with E-state index in [-0.39, 0.29) is 11.6 Å². The van der Waals surface area contributed by atoms with Crippen LogP contribution < -0.4 is 5.56 Å². The maximum absolute atomic E-state index is 13.6. The number of benzene rings is 2. The van der Waals surface area contributed by atoms with E-state index >= 15 is 0 Å². The third-order valence-corrected chi connectivity index (χ3v) is 7.93. The summed E-state index contributed by atoms with van der Waals surface area (Å²) < 4.78 is 7.30. The van der Waals surface area contributed by atoms with E-state index in [0.717, 1.165) is 72.9 Å². The van der Waals surface area contributed by atoms with E-state index in [1.807, 2.05) is 36.4 Å². The van der Waals surface area contributed by atoms with Gasteiger partial charge in [0.1, 0.15) is 5.41 Å². The van der Waals surface area contributed by atoms with E-state index in [2.05, 4.69) is 28.1 Å². The largest absolute Gasteiger partial charge is 0.381 e. The van der Waals surface area contributed by atoms with Crippen molar-refractivity contribution < 1.29 is 4.74 Å². The van der Waals surface area contributed by atoms with E-state index in [9.17, 15) is 10.1 Å². The molecule has 0 spiro atoms. The number of rotatable bonds is 4. The molecule has 0 aliphatic carbocycles. The van der Waals surface area contributed by atoms with Crippen LogP contribution >= 0.6 is 0 Å². The summed E-state index contributed by atoms with van der Waals surface area (Å²) >= 11 is 0. The fourth-order valence-corrected chi connectivity index (χ4v) is 5.81. The Hall–Kier alpha value is -3.60. The minimum atomic E-state index is -0.537. The molecule has 0 N–H and O–H groups in total. The van der Waals surface area contributed by atoms with E-state index < -0.39 is 5.41 Å². The second-order valence-corrected chi connectivity index (χ2v) is 9.96. The van der Waals surface area contributed by atoms with Crippen molar-refractivity contribution >= 4 is 21.7 Å². The number of fused-ring (bicyclic) bond motifs is 3. The van der Waals surface area contributed by atoms with Gasteiger partial charge in [0.05, 0.1) is 29.0 Å². The summed E-state index contributed by atoms with van der Waals surface area (Å²) in [6.45, 7) is 3.68. The Morgan fingerprint density at radius 2 is 1.75 bits per heavy atom. The Labute approximate surface area is 210 Å². The Morgan fingerprint density at radius 1 is 1.00 bits per heavy atom. The van der Waals surface area contributed by atoms with Crippen molar-refractivity contribution in [1.82, 2.24) is 19.4 Å². The maximum Gasteiger partial charge on any atom is 0.261 e. The molecule has 0 unspecified atom stereocenters. The molecular weight excluding hydrogens is 450 g/mol. The molecule has 7 heteroatoms. The molecule has 2 aromatic carbocycles. The molecule has 2 aliphatic rings. The number of piperidine rings is 1. The summed E-state index contributed by atoms with van der Waals surface area (Å²) in [4.78, 5) is 25.3. The fraction of sp³-hybridized carbons (Fsp3) is 0.379. The summed E-state index contributed by atoms with van der Waals surface area (Å²) in [5.41, 5.74) is 2.24. The molecule has 182 valence electrons. The second kappa shape index (κ2) is 9.45. The molecule has 2 aliphatic heterocycles. The van der Waals surface area contributed by atoms with Crippen LogP contribution in [0.15, 0.2) is 65.8 Å². The standard InChI is InChI=1S/C29H29N5O2/c30-19-29(26-7-3-4-12-31-26)10-13-33(14-11-29)18-21-17-25-27(24-6-2-1-5-23(21)24)32-20-34(28(25)35)22-8-15-36-16-9-22/h1-7,12,17,20,22H,8-11,13-16,18H2. The van der Waals surface area contributed by atoms with Crippen LogP contribution in [0, 0.1) is 11.3 Å². The number of ether oxygens (including phenoxy) is 1. The summed E-state index contributed by atoms with van der Waals surface area (Å²) in [5, 5.41) is 12.8. The van der Waals surface area contributed by atoms with Gasteiger partial charge in [-0.2, -0.15) is 5.26 Å². The predicted molar refractivity (Wildman–Crippen MR) is 139 cm³/mol. The molecule has 0 atom stereocenters. The summed E-state index contributed by atoms with van der Waals surface area (Å²) in [5.74, 6) is 0. The maximum atomic E-state index is 13.6. The van der Waals surface area contributed by atoms with Crippen LogP contribution in [0.25, 0.3) is 21.7 Å². The van der Waals surface area contributed by atoms with Gasteiger partial charge in [0.25, 0.3) is 5.56 Å². The normalized spacial score (nSPS) is 18.9. The zero-order chi connectivity index (χ0) is 24.5. The molecule has 6 rings (SSSR count). The Morgan fingerprint density at radius 3 is 2.47 bits per heavy atom.